The predicted molar refractivity (Wildman–Crippen MR) is 70.2 cm³/mol. The number of likely N-dealkylation sites (tertiary alicyclic amines) is 1. The van der Waals surface area contributed by atoms with Crippen molar-refractivity contribution in [1.82, 2.24) is 4.90 Å². The fourth-order valence-corrected chi connectivity index (χ4v) is 2.75. The number of benzene rings is 1. The first-order valence-corrected chi connectivity index (χ1v) is 6.66. The van der Waals surface area contributed by atoms with Gasteiger partial charge in [0.05, 0.1) is 0 Å². The van der Waals surface area contributed by atoms with Gasteiger partial charge in [0.25, 0.3) is 0 Å². The van der Waals surface area contributed by atoms with Crippen LogP contribution in [0.3, 0.4) is 0 Å². The number of carboxylic acids is 1. The van der Waals surface area contributed by atoms with Gasteiger partial charge >= 0.3 is 5.97 Å². The molecule has 0 saturated carbocycles. The van der Waals surface area contributed by atoms with Gasteiger partial charge in [0.1, 0.15) is 6.04 Å². The molecule has 1 aliphatic rings. The molecule has 92 valence electrons. The maximum Gasteiger partial charge on any atom is 0.320 e. The molecule has 0 spiro atoms. The first kappa shape index (κ1) is 12.9. The first-order valence-electron chi connectivity index (χ1n) is 5.48. The molecular weight excluding hydrogens is 305 g/mol. The second-order valence-electron chi connectivity index (χ2n) is 4.20. The van der Waals surface area contributed by atoms with E-state index in [0.29, 0.717) is 11.6 Å². The van der Waals surface area contributed by atoms with Crippen LogP contribution in [0.15, 0.2) is 22.7 Å². The summed E-state index contributed by atoms with van der Waals surface area (Å²) in [5, 5.41) is 9.78. The fraction of sp³-hybridized carbons (Fsp3) is 0.417. The third-order valence-corrected chi connectivity index (χ3v) is 4.04. The zero-order valence-corrected chi connectivity index (χ0v) is 11.5. The molecule has 1 aromatic rings. The first-order chi connectivity index (χ1) is 8.08. The highest BCUT2D eigenvalue weighted by Crippen LogP contribution is 2.26. The Morgan fingerprint density at radius 3 is 3.06 bits per heavy atom. The van der Waals surface area contributed by atoms with Crippen molar-refractivity contribution in [3.05, 3.63) is 33.3 Å². The SMILES string of the molecule is O=C(O)C1CCCN1Cc1cc(Cl)ccc1Br. The van der Waals surface area contributed by atoms with E-state index in [1.54, 1.807) is 0 Å². The lowest BCUT2D eigenvalue weighted by atomic mass is 10.2. The average molecular weight is 319 g/mol. The lowest BCUT2D eigenvalue weighted by Crippen LogP contribution is -2.35. The van der Waals surface area contributed by atoms with Crippen LogP contribution >= 0.6 is 27.5 Å². The molecule has 1 saturated heterocycles. The number of hydrogen-bond acceptors (Lipinski definition) is 2. The number of halogens is 2. The average Bonchev–Trinajstić information content (AvgIpc) is 2.71. The number of hydrogen-bond donors (Lipinski definition) is 1. The smallest absolute Gasteiger partial charge is 0.320 e. The van der Waals surface area contributed by atoms with Crippen LogP contribution in [0.4, 0.5) is 0 Å². The zero-order chi connectivity index (χ0) is 12.4. The molecule has 0 aromatic heterocycles. The Balaban J connectivity index is 2.15. The summed E-state index contributed by atoms with van der Waals surface area (Å²) in [5.74, 6) is -0.736. The van der Waals surface area contributed by atoms with Gasteiger partial charge in [-0.25, -0.2) is 0 Å². The van der Waals surface area contributed by atoms with Crippen LogP contribution in [0, 0.1) is 0 Å². The molecule has 0 bridgehead atoms. The van der Waals surface area contributed by atoms with Gasteiger partial charge in [-0.1, -0.05) is 27.5 Å². The summed E-state index contributed by atoms with van der Waals surface area (Å²) in [6.45, 7) is 1.45. The molecule has 3 nitrogen and oxygen atoms in total. The summed E-state index contributed by atoms with van der Waals surface area (Å²) in [4.78, 5) is 13.1. The van der Waals surface area contributed by atoms with Crippen molar-refractivity contribution in [3.8, 4) is 0 Å². The van der Waals surface area contributed by atoms with Crippen LogP contribution in [-0.4, -0.2) is 28.6 Å². The number of rotatable bonds is 3. The quantitative estimate of drug-likeness (QED) is 0.930. The molecule has 0 aliphatic carbocycles. The third-order valence-electron chi connectivity index (χ3n) is 3.03. The van der Waals surface area contributed by atoms with E-state index in [4.69, 9.17) is 16.7 Å². The van der Waals surface area contributed by atoms with Crippen LogP contribution in [-0.2, 0) is 11.3 Å². The van der Waals surface area contributed by atoms with E-state index in [-0.39, 0.29) is 6.04 Å². The van der Waals surface area contributed by atoms with E-state index >= 15 is 0 Å². The molecular formula is C12H13BrClNO2. The van der Waals surface area contributed by atoms with Gasteiger partial charge in [-0.3, -0.25) is 9.69 Å². The summed E-state index contributed by atoms with van der Waals surface area (Å²) < 4.78 is 0.970. The second-order valence-corrected chi connectivity index (χ2v) is 5.49. The fourth-order valence-electron chi connectivity index (χ4n) is 2.18. The zero-order valence-electron chi connectivity index (χ0n) is 9.20. The second kappa shape index (κ2) is 5.38. The minimum absolute atomic E-state index is 0.360. The van der Waals surface area contributed by atoms with Crippen molar-refractivity contribution < 1.29 is 9.90 Å². The standard InChI is InChI=1S/C12H13BrClNO2/c13-10-4-3-9(14)6-8(10)7-15-5-1-2-11(15)12(16)17/h3-4,6,11H,1-2,5,7H2,(H,16,17). The van der Waals surface area contributed by atoms with Crippen molar-refractivity contribution in [2.45, 2.75) is 25.4 Å². The lowest BCUT2D eigenvalue weighted by Gasteiger charge is -2.21. The third kappa shape index (κ3) is 3.00. The van der Waals surface area contributed by atoms with Gasteiger partial charge < -0.3 is 5.11 Å². The van der Waals surface area contributed by atoms with Crippen LogP contribution in [0.5, 0.6) is 0 Å². The van der Waals surface area contributed by atoms with Crippen molar-refractivity contribution in [3.63, 3.8) is 0 Å². The monoisotopic (exact) mass is 317 g/mol. The molecule has 1 aromatic carbocycles. The molecule has 0 amide bonds. The number of aliphatic carboxylic acids is 1. The molecule has 17 heavy (non-hydrogen) atoms. The summed E-state index contributed by atoms with van der Waals surface area (Å²) in [5.41, 5.74) is 1.03. The molecule has 1 atom stereocenters. The van der Waals surface area contributed by atoms with Crippen LogP contribution < -0.4 is 0 Å². The van der Waals surface area contributed by atoms with Crippen LogP contribution in [0.25, 0.3) is 0 Å². The largest absolute Gasteiger partial charge is 0.480 e. The van der Waals surface area contributed by atoms with E-state index < -0.39 is 5.97 Å². The van der Waals surface area contributed by atoms with E-state index in [2.05, 4.69) is 15.9 Å². The van der Waals surface area contributed by atoms with Crippen molar-refractivity contribution >= 4 is 33.5 Å². The summed E-state index contributed by atoms with van der Waals surface area (Å²) in [7, 11) is 0. The van der Waals surface area contributed by atoms with Crippen molar-refractivity contribution in [2.75, 3.05) is 6.54 Å². The highest BCUT2D eigenvalue weighted by Gasteiger charge is 2.30. The Morgan fingerprint density at radius 1 is 1.59 bits per heavy atom. The number of carbonyl (C=O) groups is 1. The minimum Gasteiger partial charge on any atom is -0.480 e. The molecule has 1 N–H and O–H groups in total. The number of carboxylic acid groups (broad SMARTS) is 1. The molecule has 0 radical (unpaired) electrons. The predicted octanol–water partition coefficient (Wildman–Crippen LogP) is 3.15. The Morgan fingerprint density at radius 2 is 2.35 bits per heavy atom. The Kier molecular flexibility index (Phi) is 4.07. The normalized spacial score (nSPS) is 20.7. The van der Waals surface area contributed by atoms with Gasteiger partial charge in [0.15, 0.2) is 0 Å². The van der Waals surface area contributed by atoms with Gasteiger partial charge in [-0.2, -0.15) is 0 Å². The maximum absolute atomic E-state index is 11.1. The van der Waals surface area contributed by atoms with E-state index in [1.807, 2.05) is 23.1 Å². The van der Waals surface area contributed by atoms with Crippen molar-refractivity contribution in [2.24, 2.45) is 0 Å². The number of nitrogens with zero attached hydrogens (tertiary/aromatic N) is 1. The minimum atomic E-state index is -0.736. The summed E-state index contributed by atoms with van der Waals surface area (Å²) in [6.07, 6.45) is 1.67. The molecule has 2 rings (SSSR count). The Hall–Kier alpha value is -0.580. The van der Waals surface area contributed by atoms with Crippen LogP contribution in [0.2, 0.25) is 5.02 Å². The van der Waals surface area contributed by atoms with Crippen molar-refractivity contribution in [1.29, 1.82) is 0 Å². The molecule has 1 aliphatic heterocycles. The van der Waals surface area contributed by atoms with E-state index in [0.717, 1.165) is 29.4 Å². The van der Waals surface area contributed by atoms with Gasteiger partial charge in [0, 0.05) is 16.0 Å². The summed E-state index contributed by atoms with van der Waals surface area (Å²) in [6, 6.07) is 5.22. The lowest BCUT2D eigenvalue weighted by molar-refractivity contribution is -0.142. The molecule has 1 unspecified atom stereocenters. The van der Waals surface area contributed by atoms with E-state index in [1.165, 1.54) is 0 Å². The van der Waals surface area contributed by atoms with Gasteiger partial charge in [-0.05, 0) is 43.1 Å². The van der Waals surface area contributed by atoms with Crippen LogP contribution in [0.1, 0.15) is 18.4 Å². The molecule has 5 heteroatoms. The summed E-state index contributed by atoms with van der Waals surface area (Å²) >= 11 is 9.41. The topological polar surface area (TPSA) is 40.5 Å². The van der Waals surface area contributed by atoms with E-state index in [9.17, 15) is 4.79 Å². The highest BCUT2D eigenvalue weighted by atomic mass is 79.9. The Labute approximate surface area is 114 Å². The Bertz CT molecular complexity index is 439. The molecule has 1 heterocycles. The molecule has 1 fully saturated rings. The van der Waals surface area contributed by atoms with Gasteiger partial charge in [0.2, 0.25) is 0 Å². The van der Waals surface area contributed by atoms with Gasteiger partial charge in [-0.15, -0.1) is 0 Å². The maximum atomic E-state index is 11.1. The highest BCUT2D eigenvalue weighted by molar-refractivity contribution is 9.10.